The summed E-state index contributed by atoms with van der Waals surface area (Å²) in [5.41, 5.74) is 5.90. The molecule has 0 saturated heterocycles. The molecule has 0 aliphatic heterocycles. The highest BCUT2D eigenvalue weighted by atomic mass is 32.1. The lowest BCUT2D eigenvalue weighted by atomic mass is 9.87. The minimum Gasteiger partial charge on any atom is -0.354 e. The summed E-state index contributed by atoms with van der Waals surface area (Å²) < 4.78 is 0. The van der Waals surface area contributed by atoms with Gasteiger partial charge in [-0.1, -0.05) is 38.2 Å². The highest BCUT2D eigenvalue weighted by Gasteiger charge is 2.17. The molecular weight excluding hydrogens is 244 g/mol. The molecule has 1 amide bonds. The van der Waals surface area contributed by atoms with E-state index in [0.717, 1.165) is 23.8 Å². The summed E-state index contributed by atoms with van der Waals surface area (Å²) in [6, 6.07) is 3.34. The predicted molar refractivity (Wildman–Crippen MR) is 75.4 cm³/mol. The van der Waals surface area contributed by atoms with Crippen LogP contribution in [0.3, 0.4) is 0 Å². The van der Waals surface area contributed by atoms with Gasteiger partial charge in [-0.15, -0.1) is 11.3 Å². The van der Waals surface area contributed by atoms with Crippen molar-refractivity contribution in [3.05, 3.63) is 22.4 Å². The number of hydrogen-bond donors (Lipinski definition) is 2. The third-order valence-electron chi connectivity index (χ3n) is 3.71. The Balaban J connectivity index is 1.68. The van der Waals surface area contributed by atoms with E-state index < -0.39 is 6.04 Å². The average molecular weight is 266 g/mol. The average Bonchev–Trinajstić information content (AvgIpc) is 2.93. The number of nitrogens with one attached hydrogen (secondary N) is 1. The fourth-order valence-corrected chi connectivity index (χ4v) is 3.31. The van der Waals surface area contributed by atoms with E-state index in [2.05, 4.69) is 5.32 Å². The van der Waals surface area contributed by atoms with E-state index in [-0.39, 0.29) is 5.91 Å². The minimum atomic E-state index is -0.503. The number of hydrogen-bond acceptors (Lipinski definition) is 3. The largest absolute Gasteiger partial charge is 0.354 e. The van der Waals surface area contributed by atoms with Gasteiger partial charge in [0.2, 0.25) is 5.91 Å². The van der Waals surface area contributed by atoms with Gasteiger partial charge in [-0.05, 0) is 23.8 Å². The van der Waals surface area contributed by atoms with Crippen molar-refractivity contribution in [1.29, 1.82) is 0 Å². The Kier molecular flexibility index (Phi) is 5.20. The fourth-order valence-electron chi connectivity index (χ4n) is 2.58. The molecule has 0 radical (unpaired) electrons. The van der Waals surface area contributed by atoms with Crippen LogP contribution in [0.15, 0.2) is 17.5 Å². The van der Waals surface area contributed by atoms with Crippen molar-refractivity contribution in [2.45, 2.75) is 44.6 Å². The molecule has 1 saturated carbocycles. The molecular formula is C14H22N2OS. The molecule has 1 heterocycles. The zero-order chi connectivity index (χ0) is 12.8. The number of thiophene rings is 1. The third kappa shape index (κ3) is 3.82. The van der Waals surface area contributed by atoms with E-state index in [9.17, 15) is 4.79 Å². The smallest absolute Gasteiger partial charge is 0.242 e. The number of nitrogens with two attached hydrogens (primary N) is 1. The lowest BCUT2D eigenvalue weighted by Crippen LogP contribution is -2.34. The lowest BCUT2D eigenvalue weighted by Gasteiger charge is -2.21. The summed E-state index contributed by atoms with van der Waals surface area (Å²) in [5, 5.41) is 4.91. The van der Waals surface area contributed by atoms with Crippen LogP contribution in [0.4, 0.5) is 0 Å². The van der Waals surface area contributed by atoms with E-state index in [1.54, 1.807) is 0 Å². The van der Waals surface area contributed by atoms with Gasteiger partial charge in [0.05, 0.1) is 0 Å². The molecule has 4 heteroatoms. The van der Waals surface area contributed by atoms with Crippen LogP contribution in [-0.4, -0.2) is 12.5 Å². The van der Waals surface area contributed by atoms with Gasteiger partial charge in [-0.2, -0.15) is 0 Å². The SMILES string of the molecule is NC(C(=O)NCCC1CCCCC1)c1cccs1. The maximum atomic E-state index is 11.9. The van der Waals surface area contributed by atoms with Gasteiger partial charge in [0.25, 0.3) is 0 Å². The number of rotatable bonds is 5. The third-order valence-corrected chi connectivity index (χ3v) is 4.66. The molecule has 1 fully saturated rings. The summed E-state index contributed by atoms with van der Waals surface area (Å²) in [4.78, 5) is 12.8. The molecule has 0 bridgehead atoms. The van der Waals surface area contributed by atoms with Crippen molar-refractivity contribution in [3.8, 4) is 0 Å². The van der Waals surface area contributed by atoms with Gasteiger partial charge in [0.15, 0.2) is 0 Å². The van der Waals surface area contributed by atoms with Crippen molar-refractivity contribution in [2.24, 2.45) is 11.7 Å². The Morgan fingerprint density at radius 1 is 1.44 bits per heavy atom. The normalized spacial score (nSPS) is 18.5. The minimum absolute atomic E-state index is 0.0479. The van der Waals surface area contributed by atoms with E-state index >= 15 is 0 Å². The monoisotopic (exact) mass is 266 g/mol. The van der Waals surface area contributed by atoms with Crippen LogP contribution in [0.2, 0.25) is 0 Å². The highest BCUT2D eigenvalue weighted by molar-refractivity contribution is 7.10. The van der Waals surface area contributed by atoms with E-state index in [4.69, 9.17) is 5.73 Å². The van der Waals surface area contributed by atoms with E-state index in [0.29, 0.717) is 0 Å². The van der Waals surface area contributed by atoms with Crippen LogP contribution in [-0.2, 0) is 4.79 Å². The summed E-state index contributed by atoms with van der Waals surface area (Å²) in [5.74, 6) is 0.755. The van der Waals surface area contributed by atoms with Crippen molar-refractivity contribution >= 4 is 17.2 Å². The van der Waals surface area contributed by atoms with E-state index in [1.165, 1.54) is 43.4 Å². The van der Waals surface area contributed by atoms with Crippen molar-refractivity contribution in [3.63, 3.8) is 0 Å². The Hall–Kier alpha value is -0.870. The van der Waals surface area contributed by atoms with Gasteiger partial charge in [-0.3, -0.25) is 4.79 Å². The number of carbonyl (C=O) groups is 1. The van der Waals surface area contributed by atoms with Crippen LogP contribution in [0, 0.1) is 5.92 Å². The maximum Gasteiger partial charge on any atom is 0.242 e. The second-order valence-corrected chi connectivity index (χ2v) is 6.06. The first-order valence-electron chi connectivity index (χ1n) is 6.84. The Morgan fingerprint density at radius 3 is 2.89 bits per heavy atom. The molecule has 0 spiro atoms. The van der Waals surface area contributed by atoms with Gasteiger partial charge in [0.1, 0.15) is 6.04 Å². The first-order chi connectivity index (χ1) is 8.77. The molecule has 100 valence electrons. The Labute approximate surface area is 113 Å². The lowest BCUT2D eigenvalue weighted by molar-refractivity contribution is -0.122. The molecule has 3 N–H and O–H groups in total. The van der Waals surface area contributed by atoms with Crippen LogP contribution in [0.5, 0.6) is 0 Å². The summed E-state index contributed by atoms with van der Waals surface area (Å²) in [7, 11) is 0. The summed E-state index contributed by atoms with van der Waals surface area (Å²) in [6.45, 7) is 0.766. The second kappa shape index (κ2) is 6.90. The summed E-state index contributed by atoms with van der Waals surface area (Å²) >= 11 is 1.54. The molecule has 1 atom stereocenters. The van der Waals surface area contributed by atoms with E-state index in [1.807, 2.05) is 17.5 Å². The Bertz CT molecular complexity index is 358. The fraction of sp³-hybridized carbons (Fsp3) is 0.643. The summed E-state index contributed by atoms with van der Waals surface area (Å²) in [6.07, 6.45) is 7.84. The van der Waals surface area contributed by atoms with Crippen LogP contribution >= 0.6 is 11.3 Å². The van der Waals surface area contributed by atoms with Crippen LogP contribution < -0.4 is 11.1 Å². The van der Waals surface area contributed by atoms with Crippen molar-refractivity contribution < 1.29 is 4.79 Å². The molecule has 0 aromatic carbocycles. The number of amides is 1. The topological polar surface area (TPSA) is 55.1 Å². The number of carbonyl (C=O) groups excluding carboxylic acids is 1. The highest BCUT2D eigenvalue weighted by Crippen LogP contribution is 2.25. The van der Waals surface area contributed by atoms with Crippen molar-refractivity contribution in [2.75, 3.05) is 6.54 Å². The molecule has 1 unspecified atom stereocenters. The second-order valence-electron chi connectivity index (χ2n) is 5.08. The molecule has 2 rings (SSSR count). The Morgan fingerprint density at radius 2 is 2.22 bits per heavy atom. The van der Waals surface area contributed by atoms with Crippen molar-refractivity contribution in [1.82, 2.24) is 5.32 Å². The molecule has 1 aromatic rings. The predicted octanol–water partition coefficient (Wildman–Crippen LogP) is 2.83. The zero-order valence-corrected chi connectivity index (χ0v) is 11.5. The quantitative estimate of drug-likeness (QED) is 0.861. The standard InChI is InChI=1S/C14H22N2OS/c15-13(12-7-4-10-18-12)14(17)16-9-8-11-5-2-1-3-6-11/h4,7,10-11,13H,1-3,5-6,8-9,15H2,(H,16,17). The molecule has 1 aliphatic carbocycles. The maximum absolute atomic E-state index is 11.9. The molecule has 1 aromatic heterocycles. The first-order valence-corrected chi connectivity index (χ1v) is 7.72. The van der Waals surface area contributed by atoms with Crippen LogP contribution in [0.1, 0.15) is 49.4 Å². The van der Waals surface area contributed by atoms with Gasteiger partial charge in [-0.25, -0.2) is 0 Å². The molecule has 1 aliphatic rings. The van der Waals surface area contributed by atoms with Gasteiger partial charge < -0.3 is 11.1 Å². The molecule has 18 heavy (non-hydrogen) atoms. The van der Waals surface area contributed by atoms with Gasteiger partial charge in [0, 0.05) is 11.4 Å². The van der Waals surface area contributed by atoms with Gasteiger partial charge >= 0.3 is 0 Å². The molecule has 3 nitrogen and oxygen atoms in total. The van der Waals surface area contributed by atoms with Crippen LogP contribution in [0.25, 0.3) is 0 Å². The zero-order valence-electron chi connectivity index (χ0n) is 10.7. The first kappa shape index (κ1) is 13.6.